The quantitative estimate of drug-likeness (QED) is 0.647. The molecule has 1 N–H and O–H groups in total. The molecule has 118 valence electrons. The van der Waals surface area contributed by atoms with Crippen LogP contribution >= 0.6 is 0 Å². The molecule has 1 aliphatic heterocycles. The molecule has 0 spiro atoms. The predicted octanol–water partition coefficient (Wildman–Crippen LogP) is 2.43. The van der Waals surface area contributed by atoms with Gasteiger partial charge in [0, 0.05) is 19.2 Å². The molecule has 1 aliphatic rings. The highest BCUT2D eigenvalue weighted by molar-refractivity contribution is 7.89. The van der Waals surface area contributed by atoms with Crippen LogP contribution < -0.4 is 5.32 Å². The molecule has 1 aromatic rings. The molecule has 0 amide bonds. The van der Waals surface area contributed by atoms with Gasteiger partial charge in [-0.15, -0.1) is 0 Å². The van der Waals surface area contributed by atoms with Crippen LogP contribution in [0, 0.1) is 6.92 Å². The summed E-state index contributed by atoms with van der Waals surface area (Å²) in [7, 11) is -3.46. The van der Waals surface area contributed by atoms with E-state index in [9.17, 15) is 8.42 Å². The van der Waals surface area contributed by atoms with Gasteiger partial charge >= 0.3 is 0 Å². The highest BCUT2D eigenvalue weighted by atomic mass is 32.2. The first kappa shape index (κ1) is 16.3. The van der Waals surface area contributed by atoms with Crippen molar-refractivity contribution >= 4 is 10.0 Å². The van der Waals surface area contributed by atoms with Crippen molar-refractivity contribution in [2.45, 2.75) is 45.1 Å². The molecule has 2 heterocycles. The third-order valence-corrected chi connectivity index (χ3v) is 5.64. The van der Waals surface area contributed by atoms with Gasteiger partial charge in [-0.05, 0) is 33.2 Å². The smallest absolute Gasteiger partial charge is 0.246 e. The summed E-state index contributed by atoms with van der Waals surface area (Å²) in [6.45, 7) is 8.26. The van der Waals surface area contributed by atoms with Crippen LogP contribution in [0.3, 0.4) is 0 Å². The molecule has 2 rings (SSSR count). The second kappa shape index (κ2) is 6.77. The first-order chi connectivity index (χ1) is 9.95. The van der Waals surface area contributed by atoms with Crippen molar-refractivity contribution in [3.05, 3.63) is 29.2 Å². The van der Waals surface area contributed by atoms with E-state index in [0.717, 1.165) is 19.4 Å². The lowest BCUT2D eigenvalue weighted by Crippen LogP contribution is -2.34. The van der Waals surface area contributed by atoms with E-state index < -0.39 is 10.0 Å². The maximum Gasteiger partial charge on any atom is 0.246 e. The fourth-order valence-corrected chi connectivity index (χ4v) is 3.93. The SMILES string of the molecule is CCCNCc1cc(S(=O)(=O)N2CC=C(C)CC2)c(C)o1. The Morgan fingerprint density at radius 3 is 2.76 bits per heavy atom. The van der Waals surface area contributed by atoms with E-state index in [-0.39, 0.29) is 0 Å². The van der Waals surface area contributed by atoms with E-state index in [1.54, 1.807) is 13.0 Å². The van der Waals surface area contributed by atoms with Crippen LogP contribution in [0.1, 0.15) is 38.2 Å². The van der Waals surface area contributed by atoms with Crippen LogP contribution in [0.2, 0.25) is 0 Å². The Kier molecular flexibility index (Phi) is 5.24. The fraction of sp³-hybridized carbons (Fsp3) is 0.600. The summed E-state index contributed by atoms with van der Waals surface area (Å²) >= 11 is 0. The Labute approximate surface area is 127 Å². The van der Waals surface area contributed by atoms with Gasteiger partial charge in [0.25, 0.3) is 0 Å². The maximum atomic E-state index is 12.7. The molecule has 0 radical (unpaired) electrons. The van der Waals surface area contributed by atoms with Gasteiger partial charge in [-0.2, -0.15) is 4.31 Å². The number of rotatable bonds is 6. The van der Waals surface area contributed by atoms with Crippen molar-refractivity contribution in [1.29, 1.82) is 0 Å². The van der Waals surface area contributed by atoms with Crippen molar-refractivity contribution in [2.75, 3.05) is 19.6 Å². The van der Waals surface area contributed by atoms with Gasteiger partial charge in [0.1, 0.15) is 16.4 Å². The summed E-state index contributed by atoms with van der Waals surface area (Å²) in [4.78, 5) is 0.295. The molecule has 0 aromatic carbocycles. The van der Waals surface area contributed by atoms with Gasteiger partial charge in [-0.25, -0.2) is 8.42 Å². The number of aryl methyl sites for hydroxylation is 1. The monoisotopic (exact) mass is 312 g/mol. The second-order valence-corrected chi connectivity index (χ2v) is 7.38. The summed E-state index contributed by atoms with van der Waals surface area (Å²) < 4.78 is 32.4. The van der Waals surface area contributed by atoms with Crippen molar-refractivity contribution in [1.82, 2.24) is 9.62 Å². The largest absolute Gasteiger partial charge is 0.464 e. The molecule has 0 aliphatic carbocycles. The minimum atomic E-state index is -3.46. The first-order valence-corrected chi connectivity index (χ1v) is 8.85. The van der Waals surface area contributed by atoms with E-state index in [2.05, 4.69) is 12.2 Å². The van der Waals surface area contributed by atoms with Crippen LogP contribution in [0.25, 0.3) is 0 Å². The highest BCUT2D eigenvalue weighted by Gasteiger charge is 2.29. The molecule has 0 atom stereocenters. The molecule has 21 heavy (non-hydrogen) atoms. The van der Waals surface area contributed by atoms with E-state index >= 15 is 0 Å². The molecule has 0 bridgehead atoms. The lowest BCUT2D eigenvalue weighted by atomic mass is 10.1. The third-order valence-electron chi connectivity index (χ3n) is 3.67. The van der Waals surface area contributed by atoms with E-state index in [1.807, 2.05) is 13.0 Å². The molecule has 0 unspecified atom stereocenters. The molecule has 6 heteroatoms. The van der Waals surface area contributed by atoms with Crippen LogP contribution in [0.5, 0.6) is 0 Å². The van der Waals surface area contributed by atoms with Gasteiger partial charge in [0.2, 0.25) is 10.0 Å². The number of nitrogens with one attached hydrogen (secondary N) is 1. The van der Waals surface area contributed by atoms with Gasteiger partial charge in [-0.3, -0.25) is 0 Å². The average molecular weight is 312 g/mol. The Morgan fingerprint density at radius 1 is 1.38 bits per heavy atom. The zero-order valence-corrected chi connectivity index (χ0v) is 13.8. The zero-order chi connectivity index (χ0) is 15.5. The lowest BCUT2D eigenvalue weighted by Gasteiger charge is -2.24. The molecular weight excluding hydrogens is 288 g/mol. The molecule has 1 aromatic heterocycles. The number of hydrogen-bond acceptors (Lipinski definition) is 4. The van der Waals surface area contributed by atoms with Crippen molar-refractivity contribution in [3.8, 4) is 0 Å². The lowest BCUT2D eigenvalue weighted by molar-refractivity contribution is 0.426. The maximum absolute atomic E-state index is 12.7. The minimum Gasteiger partial charge on any atom is -0.464 e. The minimum absolute atomic E-state index is 0.295. The number of hydrogen-bond donors (Lipinski definition) is 1. The standard InChI is InChI=1S/C15H24N2O3S/c1-4-7-16-11-14-10-15(13(3)20-14)21(18,19)17-8-5-12(2)6-9-17/h5,10,16H,4,6-9,11H2,1-3H3. The summed E-state index contributed by atoms with van der Waals surface area (Å²) in [6.07, 6.45) is 3.80. The van der Waals surface area contributed by atoms with Gasteiger partial charge < -0.3 is 9.73 Å². The topological polar surface area (TPSA) is 62.6 Å². The molecule has 0 saturated heterocycles. The number of nitrogens with zero attached hydrogens (tertiary/aromatic N) is 1. The van der Waals surface area contributed by atoms with E-state index in [1.165, 1.54) is 9.88 Å². The van der Waals surface area contributed by atoms with Crippen LogP contribution in [0.15, 0.2) is 27.0 Å². The Balaban J connectivity index is 2.16. The molecule has 0 saturated carbocycles. The van der Waals surface area contributed by atoms with Crippen LogP contribution in [0.4, 0.5) is 0 Å². The van der Waals surface area contributed by atoms with E-state index in [0.29, 0.717) is 36.1 Å². The Hall–Kier alpha value is -1.11. The van der Waals surface area contributed by atoms with Gasteiger partial charge in [-0.1, -0.05) is 18.6 Å². The second-order valence-electron chi connectivity index (χ2n) is 5.47. The number of furan rings is 1. The Morgan fingerprint density at radius 2 is 2.14 bits per heavy atom. The van der Waals surface area contributed by atoms with E-state index in [4.69, 9.17) is 4.42 Å². The normalized spacial score (nSPS) is 17.0. The summed E-state index contributed by atoms with van der Waals surface area (Å²) in [5, 5.41) is 3.22. The first-order valence-electron chi connectivity index (χ1n) is 7.41. The highest BCUT2D eigenvalue weighted by Crippen LogP contribution is 2.25. The van der Waals surface area contributed by atoms with Crippen molar-refractivity contribution in [2.24, 2.45) is 0 Å². The van der Waals surface area contributed by atoms with Crippen LogP contribution in [-0.2, 0) is 16.6 Å². The predicted molar refractivity (Wildman–Crippen MR) is 82.6 cm³/mol. The molecular formula is C15H24N2O3S. The van der Waals surface area contributed by atoms with Gasteiger partial charge in [0.15, 0.2) is 0 Å². The van der Waals surface area contributed by atoms with Gasteiger partial charge in [0.05, 0.1) is 6.54 Å². The summed E-state index contributed by atoms with van der Waals surface area (Å²) in [6, 6.07) is 1.65. The van der Waals surface area contributed by atoms with Crippen molar-refractivity contribution in [3.63, 3.8) is 0 Å². The number of sulfonamides is 1. The Bertz CT molecular complexity index is 617. The molecule has 0 fully saturated rings. The summed E-state index contributed by atoms with van der Waals surface area (Å²) in [5.74, 6) is 1.14. The van der Waals surface area contributed by atoms with Crippen molar-refractivity contribution < 1.29 is 12.8 Å². The average Bonchev–Trinajstić information content (AvgIpc) is 2.81. The zero-order valence-electron chi connectivity index (χ0n) is 13.0. The fourth-order valence-electron chi connectivity index (χ4n) is 2.37. The summed E-state index contributed by atoms with van der Waals surface area (Å²) in [5.41, 5.74) is 1.25. The van der Waals surface area contributed by atoms with Crippen LogP contribution in [-0.4, -0.2) is 32.4 Å². The molecule has 5 nitrogen and oxygen atoms in total. The third kappa shape index (κ3) is 3.75.